The average Bonchev–Trinajstić information content (AvgIpc) is 2.02. The molecule has 0 saturated carbocycles. The van der Waals surface area contributed by atoms with E-state index in [2.05, 4.69) is 22.2 Å². The quantitative estimate of drug-likeness (QED) is 0.243. The van der Waals surface area contributed by atoms with Crippen LogP contribution in [0.25, 0.3) is 0 Å². The van der Waals surface area contributed by atoms with Crippen molar-refractivity contribution in [2.24, 2.45) is 4.40 Å². The van der Waals surface area contributed by atoms with Crippen LogP contribution in [-0.4, -0.2) is 21.5 Å². The normalized spacial score (nSPS) is 14.2. The summed E-state index contributed by atoms with van der Waals surface area (Å²) in [7, 11) is 0. The molecule has 0 aromatic heterocycles. The van der Waals surface area contributed by atoms with Crippen molar-refractivity contribution >= 4 is 17.5 Å². The Morgan fingerprint density at radius 3 is 3.00 bits per heavy atom. The number of rotatable bonds is 6. The van der Waals surface area contributed by atoms with Gasteiger partial charge in [-0.15, -0.1) is 0 Å². The van der Waals surface area contributed by atoms with Gasteiger partial charge in [0.05, 0.1) is 0 Å². The molecular formula is C6H13N3O2S. The number of nitrogens with zero attached hydrogens (tertiary/aromatic N) is 1. The summed E-state index contributed by atoms with van der Waals surface area (Å²) in [6, 6.07) is 0. The summed E-state index contributed by atoms with van der Waals surface area (Å²) in [4.78, 5) is 0. The van der Waals surface area contributed by atoms with E-state index in [1.807, 2.05) is 0 Å². The van der Waals surface area contributed by atoms with E-state index in [0.717, 1.165) is 13.0 Å². The van der Waals surface area contributed by atoms with E-state index in [-0.39, 0.29) is 0 Å². The van der Waals surface area contributed by atoms with E-state index < -0.39 is 11.3 Å². The Kier molecular flexibility index (Phi) is 7.87. The van der Waals surface area contributed by atoms with Crippen LogP contribution in [-0.2, 0) is 11.3 Å². The van der Waals surface area contributed by atoms with Crippen LogP contribution in [0.5, 0.6) is 0 Å². The summed E-state index contributed by atoms with van der Waals surface area (Å²) < 4.78 is 21.4. The maximum Gasteiger partial charge on any atom is 0.281 e. The first kappa shape index (κ1) is 11.3. The van der Waals surface area contributed by atoms with Crippen molar-refractivity contribution in [3.05, 3.63) is 12.3 Å². The zero-order valence-corrected chi connectivity index (χ0v) is 7.67. The third-order valence-electron chi connectivity index (χ3n) is 0.894. The number of hydrazine groups is 1. The third kappa shape index (κ3) is 9.28. The first-order chi connectivity index (χ1) is 5.77. The van der Waals surface area contributed by atoms with Gasteiger partial charge in [-0.3, -0.25) is 4.55 Å². The molecular weight excluding hydrogens is 178 g/mol. The van der Waals surface area contributed by atoms with E-state index in [9.17, 15) is 4.21 Å². The Labute approximate surface area is 74.4 Å². The molecule has 0 aliphatic heterocycles. The zero-order valence-electron chi connectivity index (χ0n) is 6.86. The largest absolute Gasteiger partial charge is 0.329 e. The second-order valence-corrected chi connectivity index (χ2v) is 2.59. The topological polar surface area (TPSA) is 73.7 Å². The fraction of sp³-hybridized carbons (Fsp3) is 0.500. The lowest BCUT2D eigenvalue weighted by molar-refractivity contribution is 0.566. The van der Waals surface area contributed by atoms with Crippen molar-refractivity contribution in [3.8, 4) is 0 Å². The first-order valence-electron chi connectivity index (χ1n) is 3.56. The summed E-state index contributed by atoms with van der Waals surface area (Å²) in [6.45, 7) is 2.92. The Morgan fingerprint density at radius 2 is 2.42 bits per heavy atom. The molecule has 6 heteroatoms. The van der Waals surface area contributed by atoms with Gasteiger partial charge in [0.25, 0.3) is 11.3 Å². The monoisotopic (exact) mass is 191 g/mol. The smallest absolute Gasteiger partial charge is 0.281 e. The van der Waals surface area contributed by atoms with Gasteiger partial charge in [-0.05, 0) is 12.5 Å². The maximum absolute atomic E-state index is 9.98. The van der Waals surface area contributed by atoms with Crippen molar-refractivity contribution in [1.82, 2.24) is 10.9 Å². The van der Waals surface area contributed by atoms with Crippen LogP contribution in [0, 0.1) is 0 Å². The standard InChI is InChI=1S/C6H13N3O2S/c1-2-4-7-8-5-3-6-9-12(10)11/h3,5-8H,2,4H2,1H3,(H,10,11). The second-order valence-electron chi connectivity index (χ2n) is 1.92. The van der Waals surface area contributed by atoms with Gasteiger partial charge >= 0.3 is 0 Å². The van der Waals surface area contributed by atoms with Crippen LogP contribution in [0.15, 0.2) is 16.7 Å². The molecule has 0 rings (SSSR count). The molecule has 0 bridgehead atoms. The third-order valence-corrected chi connectivity index (χ3v) is 1.20. The summed E-state index contributed by atoms with van der Waals surface area (Å²) in [5.74, 6) is 0. The minimum atomic E-state index is -2.10. The molecule has 0 aliphatic carbocycles. The van der Waals surface area contributed by atoms with Crippen LogP contribution in [0.3, 0.4) is 0 Å². The number of hydrogen-bond donors (Lipinski definition) is 3. The van der Waals surface area contributed by atoms with E-state index in [4.69, 9.17) is 4.55 Å². The molecule has 70 valence electrons. The fourth-order valence-electron chi connectivity index (χ4n) is 0.434. The summed E-state index contributed by atoms with van der Waals surface area (Å²) in [6.07, 6.45) is 5.40. The first-order valence-corrected chi connectivity index (χ1v) is 4.62. The van der Waals surface area contributed by atoms with E-state index in [0.29, 0.717) is 0 Å². The van der Waals surface area contributed by atoms with Gasteiger partial charge in [-0.2, -0.15) is 4.40 Å². The van der Waals surface area contributed by atoms with Gasteiger partial charge < -0.3 is 5.43 Å². The Hall–Kier alpha value is -0.720. The van der Waals surface area contributed by atoms with Crippen molar-refractivity contribution in [3.63, 3.8) is 0 Å². The van der Waals surface area contributed by atoms with Gasteiger partial charge in [-0.25, -0.2) is 9.63 Å². The number of hydrogen-bond acceptors (Lipinski definition) is 3. The minimum Gasteiger partial charge on any atom is -0.329 e. The van der Waals surface area contributed by atoms with Gasteiger partial charge in [0.2, 0.25) is 0 Å². The lowest BCUT2D eigenvalue weighted by Crippen LogP contribution is -2.27. The van der Waals surface area contributed by atoms with Gasteiger partial charge in [0, 0.05) is 19.0 Å². The SMILES string of the molecule is CCCNNC=CC=NS(=O)O. The van der Waals surface area contributed by atoms with Crippen molar-refractivity contribution in [2.75, 3.05) is 6.54 Å². The summed E-state index contributed by atoms with van der Waals surface area (Å²) in [5.41, 5.74) is 5.64. The molecule has 0 saturated heterocycles. The average molecular weight is 191 g/mol. The van der Waals surface area contributed by atoms with E-state index in [1.54, 1.807) is 6.20 Å². The van der Waals surface area contributed by atoms with Crippen LogP contribution < -0.4 is 10.9 Å². The van der Waals surface area contributed by atoms with Crippen molar-refractivity contribution in [2.45, 2.75) is 13.3 Å². The molecule has 3 N–H and O–H groups in total. The molecule has 0 radical (unpaired) electrons. The predicted molar refractivity (Wildman–Crippen MR) is 49.8 cm³/mol. The van der Waals surface area contributed by atoms with Crippen molar-refractivity contribution < 1.29 is 8.76 Å². The van der Waals surface area contributed by atoms with E-state index >= 15 is 0 Å². The van der Waals surface area contributed by atoms with Gasteiger partial charge in [-0.1, -0.05) is 6.92 Å². The molecule has 0 aromatic carbocycles. The van der Waals surface area contributed by atoms with Crippen LogP contribution in [0.4, 0.5) is 0 Å². The van der Waals surface area contributed by atoms with Crippen LogP contribution in [0.1, 0.15) is 13.3 Å². The Morgan fingerprint density at radius 1 is 1.67 bits per heavy atom. The van der Waals surface area contributed by atoms with Crippen molar-refractivity contribution in [1.29, 1.82) is 0 Å². The highest BCUT2D eigenvalue weighted by Crippen LogP contribution is 1.72. The highest BCUT2D eigenvalue weighted by molar-refractivity contribution is 7.77. The Balaban J connectivity index is 3.31. The van der Waals surface area contributed by atoms with Gasteiger partial charge in [0.15, 0.2) is 0 Å². The molecule has 1 atom stereocenters. The minimum absolute atomic E-state index is 0.868. The zero-order chi connectivity index (χ0) is 9.23. The molecule has 5 nitrogen and oxygen atoms in total. The van der Waals surface area contributed by atoms with Crippen LogP contribution >= 0.6 is 0 Å². The molecule has 0 fully saturated rings. The lowest BCUT2D eigenvalue weighted by atomic mass is 10.5. The molecule has 1 unspecified atom stereocenters. The fourth-order valence-corrected chi connectivity index (χ4v) is 0.609. The molecule has 12 heavy (non-hydrogen) atoms. The molecule has 0 heterocycles. The number of nitrogens with one attached hydrogen (secondary N) is 2. The summed E-state index contributed by atoms with van der Waals surface area (Å²) in [5, 5.41) is 0. The van der Waals surface area contributed by atoms with E-state index in [1.165, 1.54) is 12.3 Å². The maximum atomic E-state index is 9.98. The molecule has 0 aliphatic rings. The number of allylic oxidation sites excluding steroid dienone is 1. The lowest BCUT2D eigenvalue weighted by Gasteiger charge is -1.98. The molecule has 0 spiro atoms. The second kappa shape index (κ2) is 8.38. The van der Waals surface area contributed by atoms with Gasteiger partial charge in [0.1, 0.15) is 0 Å². The molecule has 0 aromatic rings. The predicted octanol–water partition coefficient (Wildman–Crippen LogP) is 0.212. The summed E-state index contributed by atoms with van der Waals surface area (Å²) >= 11 is -2.10. The van der Waals surface area contributed by atoms with Crippen LogP contribution in [0.2, 0.25) is 0 Å². The Bertz CT molecular complexity index is 182. The molecule has 0 amide bonds. The highest BCUT2D eigenvalue weighted by Gasteiger charge is 1.77. The highest BCUT2D eigenvalue weighted by atomic mass is 32.2.